The van der Waals surface area contributed by atoms with E-state index in [9.17, 15) is 0 Å². The average molecular weight is 315 g/mol. The van der Waals surface area contributed by atoms with Crippen molar-refractivity contribution in [1.29, 1.82) is 0 Å². The largest absolute Gasteiger partial charge is 0.370 e. The average Bonchev–Trinajstić information content (AvgIpc) is 2.22. The molecule has 0 radical (unpaired) electrons. The number of aliphatic imine (C=N–C) groups is 1. The fraction of sp³-hybridized carbons (Fsp3) is 0.364. The first-order valence-electron chi connectivity index (χ1n) is 4.93. The van der Waals surface area contributed by atoms with Crippen molar-refractivity contribution in [3.05, 3.63) is 33.4 Å². The van der Waals surface area contributed by atoms with Crippen molar-refractivity contribution in [2.75, 3.05) is 20.1 Å². The third-order valence-corrected chi connectivity index (χ3v) is 3.35. The number of nitrogens with zero attached hydrogens (tertiary/aromatic N) is 2. The first kappa shape index (κ1) is 10.7. The van der Waals surface area contributed by atoms with Crippen molar-refractivity contribution >= 4 is 28.6 Å². The summed E-state index contributed by atoms with van der Waals surface area (Å²) in [4.78, 5) is 6.32. The molecular formula is C11H14IN3. The SMILES string of the molecule is CN1CC(c2cccc(I)c2)CN=C1N. The summed E-state index contributed by atoms with van der Waals surface area (Å²) in [7, 11) is 1.99. The van der Waals surface area contributed by atoms with Crippen LogP contribution in [0.5, 0.6) is 0 Å². The summed E-state index contributed by atoms with van der Waals surface area (Å²) in [5, 5.41) is 0. The zero-order valence-electron chi connectivity index (χ0n) is 8.65. The molecule has 0 aromatic heterocycles. The van der Waals surface area contributed by atoms with E-state index in [1.54, 1.807) is 0 Å². The second kappa shape index (κ2) is 4.38. The van der Waals surface area contributed by atoms with Gasteiger partial charge in [0.2, 0.25) is 0 Å². The fourth-order valence-electron chi connectivity index (χ4n) is 1.78. The minimum absolute atomic E-state index is 0.469. The highest BCUT2D eigenvalue weighted by atomic mass is 127. The molecule has 0 bridgehead atoms. The van der Waals surface area contributed by atoms with Gasteiger partial charge < -0.3 is 10.6 Å². The molecule has 0 spiro atoms. The Bertz CT molecular complexity index is 389. The minimum Gasteiger partial charge on any atom is -0.370 e. The summed E-state index contributed by atoms with van der Waals surface area (Å²) in [6.07, 6.45) is 0. The van der Waals surface area contributed by atoms with Gasteiger partial charge in [-0.3, -0.25) is 4.99 Å². The van der Waals surface area contributed by atoms with Gasteiger partial charge in [0, 0.05) is 23.1 Å². The highest BCUT2D eigenvalue weighted by Crippen LogP contribution is 2.21. The van der Waals surface area contributed by atoms with E-state index in [2.05, 4.69) is 51.8 Å². The van der Waals surface area contributed by atoms with E-state index in [-0.39, 0.29) is 0 Å². The first-order valence-corrected chi connectivity index (χ1v) is 6.01. The molecule has 1 unspecified atom stereocenters. The van der Waals surface area contributed by atoms with Crippen LogP contribution in [0.3, 0.4) is 0 Å². The summed E-state index contributed by atoms with van der Waals surface area (Å²) in [5.74, 6) is 1.12. The molecule has 1 aliphatic heterocycles. The smallest absolute Gasteiger partial charge is 0.191 e. The molecule has 0 saturated carbocycles. The quantitative estimate of drug-likeness (QED) is 0.801. The molecule has 2 rings (SSSR count). The van der Waals surface area contributed by atoms with Crippen molar-refractivity contribution < 1.29 is 0 Å². The Labute approximate surface area is 104 Å². The molecule has 0 fully saturated rings. The topological polar surface area (TPSA) is 41.6 Å². The number of hydrogen-bond donors (Lipinski definition) is 1. The van der Waals surface area contributed by atoms with Crippen LogP contribution in [0.15, 0.2) is 29.3 Å². The molecule has 1 heterocycles. The highest BCUT2D eigenvalue weighted by Gasteiger charge is 2.19. The van der Waals surface area contributed by atoms with E-state index in [4.69, 9.17) is 5.73 Å². The van der Waals surface area contributed by atoms with Crippen molar-refractivity contribution in [3.63, 3.8) is 0 Å². The van der Waals surface area contributed by atoms with Crippen molar-refractivity contribution in [3.8, 4) is 0 Å². The Morgan fingerprint density at radius 2 is 2.33 bits per heavy atom. The lowest BCUT2D eigenvalue weighted by atomic mass is 9.98. The molecule has 4 heteroatoms. The number of benzene rings is 1. The molecule has 15 heavy (non-hydrogen) atoms. The van der Waals surface area contributed by atoms with E-state index in [0.29, 0.717) is 11.9 Å². The molecule has 0 amide bonds. The lowest BCUT2D eigenvalue weighted by Gasteiger charge is -2.29. The number of likely N-dealkylation sites (N-methyl/N-ethyl adjacent to an activating group) is 1. The third-order valence-electron chi connectivity index (χ3n) is 2.68. The van der Waals surface area contributed by atoms with Crippen LogP contribution in [0, 0.1) is 3.57 Å². The maximum atomic E-state index is 5.72. The molecule has 2 N–H and O–H groups in total. The van der Waals surface area contributed by atoms with Crippen LogP contribution in [0.1, 0.15) is 11.5 Å². The van der Waals surface area contributed by atoms with Gasteiger partial charge in [0.05, 0.1) is 6.54 Å². The summed E-state index contributed by atoms with van der Waals surface area (Å²) in [5.41, 5.74) is 7.07. The molecular weight excluding hydrogens is 301 g/mol. The standard InChI is InChI=1S/C11H14IN3/c1-15-7-9(6-14-11(15)13)8-3-2-4-10(12)5-8/h2-5,9H,6-7H2,1H3,(H2,13,14). The predicted molar refractivity (Wildman–Crippen MR) is 71.0 cm³/mol. The van der Waals surface area contributed by atoms with Crippen LogP contribution < -0.4 is 5.73 Å². The molecule has 1 atom stereocenters. The van der Waals surface area contributed by atoms with Gasteiger partial charge in [-0.05, 0) is 40.3 Å². The summed E-state index contributed by atoms with van der Waals surface area (Å²) in [6.45, 7) is 1.76. The molecule has 1 aromatic carbocycles. The van der Waals surface area contributed by atoms with E-state index in [1.807, 2.05) is 11.9 Å². The molecule has 3 nitrogen and oxygen atoms in total. The van der Waals surface area contributed by atoms with Crippen LogP contribution >= 0.6 is 22.6 Å². The van der Waals surface area contributed by atoms with Gasteiger partial charge in [-0.25, -0.2) is 0 Å². The first-order chi connectivity index (χ1) is 7.16. The lowest BCUT2D eigenvalue weighted by Crippen LogP contribution is -2.41. The summed E-state index contributed by atoms with van der Waals surface area (Å²) >= 11 is 2.34. The van der Waals surface area contributed by atoms with Crippen molar-refractivity contribution in [2.24, 2.45) is 10.7 Å². The molecule has 80 valence electrons. The third kappa shape index (κ3) is 2.42. The van der Waals surface area contributed by atoms with Gasteiger partial charge in [-0.1, -0.05) is 12.1 Å². The molecule has 1 aliphatic rings. The van der Waals surface area contributed by atoms with Gasteiger partial charge in [0.15, 0.2) is 5.96 Å². The van der Waals surface area contributed by atoms with Crippen LogP contribution in [0.2, 0.25) is 0 Å². The Hall–Kier alpha value is -0.780. The van der Waals surface area contributed by atoms with Gasteiger partial charge in [0.1, 0.15) is 0 Å². The Morgan fingerprint density at radius 3 is 3.00 bits per heavy atom. The Kier molecular flexibility index (Phi) is 3.14. The maximum absolute atomic E-state index is 5.72. The number of halogens is 1. The van der Waals surface area contributed by atoms with Crippen LogP contribution in [0.4, 0.5) is 0 Å². The van der Waals surface area contributed by atoms with Crippen molar-refractivity contribution in [2.45, 2.75) is 5.92 Å². The van der Waals surface area contributed by atoms with E-state index < -0.39 is 0 Å². The monoisotopic (exact) mass is 315 g/mol. The number of guanidine groups is 1. The van der Waals surface area contributed by atoms with Gasteiger partial charge in [-0.15, -0.1) is 0 Å². The van der Waals surface area contributed by atoms with E-state index in [0.717, 1.165) is 13.1 Å². The van der Waals surface area contributed by atoms with E-state index >= 15 is 0 Å². The Morgan fingerprint density at radius 1 is 1.53 bits per heavy atom. The molecule has 0 aliphatic carbocycles. The number of rotatable bonds is 1. The number of nitrogens with two attached hydrogens (primary N) is 1. The normalized spacial score (nSPS) is 21.3. The molecule has 1 aromatic rings. The minimum atomic E-state index is 0.469. The summed E-state index contributed by atoms with van der Waals surface area (Å²) in [6, 6.07) is 8.58. The van der Waals surface area contributed by atoms with Gasteiger partial charge in [0.25, 0.3) is 0 Å². The lowest BCUT2D eigenvalue weighted by molar-refractivity contribution is 0.422. The fourth-order valence-corrected chi connectivity index (χ4v) is 2.34. The Balaban J connectivity index is 2.20. The maximum Gasteiger partial charge on any atom is 0.191 e. The second-order valence-electron chi connectivity index (χ2n) is 3.83. The second-order valence-corrected chi connectivity index (χ2v) is 5.08. The highest BCUT2D eigenvalue weighted by molar-refractivity contribution is 14.1. The van der Waals surface area contributed by atoms with E-state index in [1.165, 1.54) is 9.13 Å². The van der Waals surface area contributed by atoms with Gasteiger partial charge >= 0.3 is 0 Å². The summed E-state index contributed by atoms with van der Waals surface area (Å²) < 4.78 is 1.27. The number of hydrogen-bond acceptors (Lipinski definition) is 3. The zero-order chi connectivity index (χ0) is 10.8. The zero-order valence-corrected chi connectivity index (χ0v) is 10.8. The van der Waals surface area contributed by atoms with Crippen LogP contribution in [-0.4, -0.2) is 31.0 Å². The van der Waals surface area contributed by atoms with Crippen molar-refractivity contribution in [1.82, 2.24) is 4.90 Å². The van der Waals surface area contributed by atoms with Crippen LogP contribution in [-0.2, 0) is 0 Å². The molecule has 0 saturated heterocycles. The predicted octanol–water partition coefficient (Wildman–Crippen LogP) is 1.63. The van der Waals surface area contributed by atoms with Crippen LogP contribution in [0.25, 0.3) is 0 Å². The van der Waals surface area contributed by atoms with Gasteiger partial charge in [-0.2, -0.15) is 0 Å².